The number of halogens is 1. The molecule has 4 heterocycles. The van der Waals surface area contributed by atoms with Crippen molar-refractivity contribution >= 4 is 21.9 Å². The van der Waals surface area contributed by atoms with E-state index in [0.29, 0.717) is 18.1 Å². The summed E-state index contributed by atoms with van der Waals surface area (Å²) in [6.45, 7) is 1.48. The van der Waals surface area contributed by atoms with E-state index < -0.39 is 0 Å². The van der Waals surface area contributed by atoms with Crippen LogP contribution in [0.3, 0.4) is 0 Å². The van der Waals surface area contributed by atoms with Crippen molar-refractivity contribution in [2.45, 2.75) is 13.1 Å². The van der Waals surface area contributed by atoms with Gasteiger partial charge in [-0.15, -0.1) is 0 Å². The molecule has 0 bridgehead atoms. The van der Waals surface area contributed by atoms with E-state index in [1.165, 1.54) is 17.7 Å². The highest BCUT2D eigenvalue weighted by atomic mass is 19.1. The summed E-state index contributed by atoms with van der Waals surface area (Å²) in [6, 6.07) is 26.8. The smallest absolute Gasteiger partial charge is 0.159 e. The Morgan fingerprint density at radius 2 is 1.62 bits per heavy atom. The number of benzene rings is 3. The van der Waals surface area contributed by atoms with Crippen LogP contribution < -0.4 is 5.32 Å². The van der Waals surface area contributed by atoms with Gasteiger partial charge in [0.1, 0.15) is 11.5 Å². The van der Waals surface area contributed by atoms with Gasteiger partial charge < -0.3 is 10.3 Å². The van der Waals surface area contributed by atoms with Crippen LogP contribution in [0.4, 0.5) is 4.39 Å². The maximum Gasteiger partial charge on any atom is 0.159 e. The van der Waals surface area contributed by atoms with Crippen molar-refractivity contribution in [3.05, 3.63) is 120 Å². The summed E-state index contributed by atoms with van der Waals surface area (Å²) < 4.78 is 13.9. The van der Waals surface area contributed by atoms with Gasteiger partial charge in [0.2, 0.25) is 0 Å². The fourth-order valence-corrected chi connectivity index (χ4v) is 4.96. The fraction of sp³-hybridized carbons (Fsp3) is 0.0625. The van der Waals surface area contributed by atoms with Crippen LogP contribution in [-0.4, -0.2) is 30.1 Å². The van der Waals surface area contributed by atoms with Crippen LogP contribution in [0.1, 0.15) is 11.1 Å². The number of pyridine rings is 2. The van der Waals surface area contributed by atoms with E-state index in [0.717, 1.165) is 56.4 Å². The third-order valence-electron chi connectivity index (χ3n) is 6.91. The summed E-state index contributed by atoms with van der Waals surface area (Å²) in [5, 5.41) is 12.0. The van der Waals surface area contributed by atoms with E-state index in [1.807, 2.05) is 60.9 Å². The molecule has 7 nitrogen and oxygen atoms in total. The number of aromatic amines is 2. The Hall–Kier alpha value is -5.21. The molecule has 0 aliphatic rings. The van der Waals surface area contributed by atoms with Crippen molar-refractivity contribution in [1.82, 2.24) is 35.5 Å². The SMILES string of the molecule is Fc1cccc(-c2cccc3[nH]c(-c4n[nH]c5cnc(-c6cncc(CNCc7ccccc7)c6)cc45)nc23)c1. The number of rotatable bonds is 7. The average molecular weight is 526 g/mol. The molecule has 8 heteroatoms. The Kier molecular flexibility index (Phi) is 6.07. The molecule has 0 spiro atoms. The van der Waals surface area contributed by atoms with Crippen molar-refractivity contribution in [2.75, 3.05) is 0 Å². The highest BCUT2D eigenvalue weighted by Gasteiger charge is 2.16. The van der Waals surface area contributed by atoms with Crippen LogP contribution in [0.15, 0.2) is 104 Å². The molecule has 0 saturated heterocycles. The van der Waals surface area contributed by atoms with Crippen LogP contribution in [0.5, 0.6) is 0 Å². The van der Waals surface area contributed by atoms with Crippen LogP contribution in [-0.2, 0) is 13.1 Å². The lowest BCUT2D eigenvalue weighted by molar-refractivity contribution is 0.628. The zero-order valence-corrected chi connectivity index (χ0v) is 21.4. The summed E-state index contributed by atoms with van der Waals surface area (Å²) >= 11 is 0. The molecule has 0 atom stereocenters. The number of para-hydroxylation sites is 1. The highest BCUT2D eigenvalue weighted by molar-refractivity contribution is 5.97. The van der Waals surface area contributed by atoms with Crippen LogP contribution >= 0.6 is 0 Å². The van der Waals surface area contributed by atoms with Gasteiger partial charge in [-0.3, -0.25) is 15.1 Å². The van der Waals surface area contributed by atoms with E-state index in [9.17, 15) is 4.39 Å². The Morgan fingerprint density at radius 3 is 2.52 bits per heavy atom. The lowest BCUT2D eigenvalue weighted by Gasteiger charge is -2.07. The standard InChI is InChI=1S/C32H24FN7/c33-24-9-4-8-22(13-24)25-10-5-11-27-30(25)38-32(37-27)31-26-14-28(36-19-29(26)39-40-31)23-12-21(17-35-18-23)16-34-15-20-6-2-1-3-7-20/h1-14,17-19,34H,15-16H2,(H,37,38)(H,39,40). The molecule has 4 aromatic heterocycles. The predicted octanol–water partition coefficient (Wildman–Crippen LogP) is 6.66. The van der Waals surface area contributed by atoms with E-state index in [2.05, 4.69) is 48.7 Å². The van der Waals surface area contributed by atoms with Crippen molar-refractivity contribution in [3.63, 3.8) is 0 Å². The number of fused-ring (bicyclic) bond motifs is 2. The lowest BCUT2D eigenvalue weighted by Crippen LogP contribution is -2.12. The van der Waals surface area contributed by atoms with E-state index in [4.69, 9.17) is 4.98 Å². The number of hydrogen-bond donors (Lipinski definition) is 3. The molecular formula is C32H24FN7. The van der Waals surface area contributed by atoms with Gasteiger partial charge in [-0.2, -0.15) is 5.10 Å². The molecule has 3 N–H and O–H groups in total. The highest BCUT2D eigenvalue weighted by Crippen LogP contribution is 2.32. The van der Waals surface area contributed by atoms with Gasteiger partial charge in [-0.25, -0.2) is 9.37 Å². The van der Waals surface area contributed by atoms with Crippen molar-refractivity contribution in [2.24, 2.45) is 0 Å². The summed E-state index contributed by atoms with van der Waals surface area (Å²) in [7, 11) is 0. The molecule has 7 aromatic rings. The van der Waals surface area contributed by atoms with E-state index in [-0.39, 0.29) is 5.82 Å². The van der Waals surface area contributed by atoms with Gasteiger partial charge >= 0.3 is 0 Å². The summed E-state index contributed by atoms with van der Waals surface area (Å²) in [6.07, 6.45) is 5.47. The first-order valence-corrected chi connectivity index (χ1v) is 13.0. The van der Waals surface area contributed by atoms with Crippen molar-refractivity contribution < 1.29 is 4.39 Å². The van der Waals surface area contributed by atoms with Crippen LogP contribution in [0, 0.1) is 5.82 Å². The second kappa shape index (κ2) is 10.2. The maximum absolute atomic E-state index is 13.9. The van der Waals surface area contributed by atoms with Gasteiger partial charge in [0.15, 0.2) is 5.82 Å². The maximum atomic E-state index is 13.9. The minimum Gasteiger partial charge on any atom is -0.337 e. The normalized spacial score (nSPS) is 11.4. The minimum atomic E-state index is -0.283. The van der Waals surface area contributed by atoms with Crippen molar-refractivity contribution in [3.8, 4) is 33.9 Å². The van der Waals surface area contributed by atoms with Gasteiger partial charge in [-0.05, 0) is 47.0 Å². The molecule has 0 unspecified atom stereocenters. The zero-order valence-electron chi connectivity index (χ0n) is 21.4. The Morgan fingerprint density at radius 1 is 0.750 bits per heavy atom. The zero-order chi connectivity index (χ0) is 26.9. The molecule has 0 aliphatic heterocycles. The minimum absolute atomic E-state index is 0.283. The fourth-order valence-electron chi connectivity index (χ4n) is 4.96. The van der Waals surface area contributed by atoms with Gasteiger partial charge in [0.25, 0.3) is 0 Å². The summed E-state index contributed by atoms with van der Waals surface area (Å²) in [5.74, 6) is 0.341. The first-order chi connectivity index (χ1) is 19.7. The number of hydrogen-bond acceptors (Lipinski definition) is 5. The number of imidazole rings is 1. The molecule has 3 aromatic carbocycles. The summed E-state index contributed by atoms with van der Waals surface area (Å²) in [4.78, 5) is 17.4. The quantitative estimate of drug-likeness (QED) is 0.216. The average Bonchev–Trinajstić information content (AvgIpc) is 3.62. The third-order valence-corrected chi connectivity index (χ3v) is 6.91. The second-order valence-electron chi connectivity index (χ2n) is 9.66. The molecule has 0 saturated carbocycles. The predicted molar refractivity (Wildman–Crippen MR) is 155 cm³/mol. The van der Waals surface area contributed by atoms with Crippen LogP contribution in [0.25, 0.3) is 55.8 Å². The Balaban J connectivity index is 1.20. The Bertz CT molecular complexity index is 1960. The van der Waals surface area contributed by atoms with Gasteiger partial charge in [0, 0.05) is 42.0 Å². The van der Waals surface area contributed by atoms with Gasteiger partial charge in [-0.1, -0.05) is 54.6 Å². The Labute approximate surface area is 229 Å². The monoisotopic (exact) mass is 525 g/mol. The second-order valence-corrected chi connectivity index (χ2v) is 9.66. The lowest BCUT2D eigenvalue weighted by atomic mass is 10.0. The molecule has 40 heavy (non-hydrogen) atoms. The molecule has 0 fully saturated rings. The number of H-pyrrole nitrogens is 2. The topological polar surface area (TPSA) is 95.2 Å². The molecule has 0 amide bonds. The number of aromatic nitrogens is 6. The van der Waals surface area contributed by atoms with E-state index in [1.54, 1.807) is 12.3 Å². The first-order valence-electron chi connectivity index (χ1n) is 13.0. The molecular weight excluding hydrogens is 501 g/mol. The van der Waals surface area contributed by atoms with Gasteiger partial charge in [0.05, 0.1) is 28.4 Å². The summed E-state index contributed by atoms with van der Waals surface area (Å²) in [5.41, 5.74) is 8.75. The van der Waals surface area contributed by atoms with E-state index >= 15 is 0 Å². The molecule has 0 radical (unpaired) electrons. The number of nitrogens with one attached hydrogen (secondary N) is 3. The molecule has 194 valence electrons. The largest absolute Gasteiger partial charge is 0.337 e. The molecule has 7 rings (SSSR count). The van der Waals surface area contributed by atoms with Crippen molar-refractivity contribution in [1.29, 1.82) is 0 Å². The molecule has 0 aliphatic carbocycles. The third kappa shape index (κ3) is 4.61. The number of nitrogens with zero attached hydrogens (tertiary/aromatic N) is 4. The van der Waals surface area contributed by atoms with Crippen LogP contribution in [0.2, 0.25) is 0 Å². The first kappa shape index (κ1) is 23.9.